The van der Waals surface area contributed by atoms with E-state index in [9.17, 15) is 33.8 Å². The number of nitrogens with zero attached hydrogens (tertiary/aromatic N) is 2. The standard InChI is InChI=1S/C26H25N3O11S/c1-37-22-8-6-5-7-19(22)24(39-3)25(40-4)20-13-23(38-2)21(11-16(20)14-41(35)36)27-26(30)15-9-17(28(31)32)12-18(10-15)29(33)34/h5-13H,14H2,1-4H3,(H,27,30)(H,35,36)/p-1. The summed E-state index contributed by atoms with van der Waals surface area (Å²) in [6.45, 7) is 0. The van der Waals surface area contributed by atoms with Crippen molar-refractivity contribution in [2.24, 2.45) is 0 Å². The van der Waals surface area contributed by atoms with Crippen LogP contribution in [-0.4, -0.2) is 53.0 Å². The van der Waals surface area contributed by atoms with Crippen LogP contribution in [0.3, 0.4) is 0 Å². The third-order valence-corrected chi connectivity index (χ3v) is 6.29. The molecule has 0 aliphatic rings. The molecule has 1 atom stereocenters. The molecule has 1 amide bonds. The van der Waals surface area contributed by atoms with Crippen LogP contribution < -0.4 is 14.8 Å². The van der Waals surface area contributed by atoms with E-state index in [0.717, 1.165) is 18.2 Å². The van der Waals surface area contributed by atoms with Crippen molar-refractivity contribution in [1.82, 2.24) is 0 Å². The fraction of sp³-hybridized carbons (Fsp3) is 0.192. The predicted octanol–water partition coefficient (Wildman–Crippen LogP) is 4.27. The van der Waals surface area contributed by atoms with E-state index in [1.807, 2.05) is 0 Å². The number of para-hydroxylation sites is 1. The molecular formula is C26H24N3O11S-. The van der Waals surface area contributed by atoms with Gasteiger partial charge < -0.3 is 28.8 Å². The van der Waals surface area contributed by atoms with Crippen LogP contribution in [0.5, 0.6) is 11.5 Å². The average molecular weight is 587 g/mol. The Morgan fingerprint density at radius 2 is 1.39 bits per heavy atom. The lowest BCUT2D eigenvalue weighted by atomic mass is 10.0. The third-order valence-electron chi connectivity index (χ3n) is 5.74. The van der Waals surface area contributed by atoms with Gasteiger partial charge in [-0.15, -0.1) is 0 Å². The van der Waals surface area contributed by atoms with Crippen molar-refractivity contribution in [2.45, 2.75) is 5.75 Å². The number of amides is 1. The Balaban J connectivity index is 2.20. The van der Waals surface area contributed by atoms with E-state index in [-0.39, 0.29) is 39.6 Å². The van der Waals surface area contributed by atoms with Gasteiger partial charge in [0.2, 0.25) is 0 Å². The molecule has 0 aliphatic carbocycles. The van der Waals surface area contributed by atoms with Crippen LogP contribution in [-0.2, 0) is 26.3 Å². The molecule has 1 N–H and O–H groups in total. The molecule has 41 heavy (non-hydrogen) atoms. The summed E-state index contributed by atoms with van der Waals surface area (Å²) in [7, 11) is 5.53. The van der Waals surface area contributed by atoms with E-state index in [0.29, 0.717) is 11.3 Å². The van der Waals surface area contributed by atoms with Crippen LogP contribution in [0.15, 0.2) is 54.6 Å². The van der Waals surface area contributed by atoms with Gasteiger partial charge in [-0.2, -0.15) is 0 Å². The van der Waals surface area contributed by atoms with Crippen molar-refractivity contribution in [3.63, 3.8) is 0 Å². The molecule has 1 unspecified atom stereocenters. The summed E-state index contributed by atoms with van der Waals surface area (Å²) in [6.07, 6.45) is 0. The second kappa shape index (κ2) is 13.4. The number of carbonyl (C=O) groups excluding carboxylic acids is 1. The summed E-state index contributed by atoms with van der Waals surface area (Å²) in [6, 6.07) is 12.1. The van der Waals surface area contributed by atoms with Crippen molar-refractivity contribution >= 4 is 45.6 Å². The lowest BCUT2D eigenvalue weighted by Crippen LogP contribution is -2.14. The molecule has 0 heterocycles. The largest absolute Gasteiger partial charge is 0.772 e. The van der Waals surface area contributed by atoms with Crippen molar-refractivity contribution in [3.8, 4) is 11.5 Å². The van der Waals surface area contributed by atoms with Gasteiger partial charge >= 0.3 is 0 Å². The molecule has 0 bridgehead atoms. The molecular weight excluding hydrogens is 562 g/mol. The van der Waals surface area contributed by atoms with Gasteiger partial charge in [0.1, 0.15) is 11.5 Å². The van der Waals surface area contributed by atoms with Crippen molar-refractivity contribution in [1.29, 1.82) is 0 Å². The van der Waals surface area contributed by atoms with E-state index in [4.69, 9.17) is 18.9 Å². The highest BCUT2D eigenvalue weighted by molar-refractivity contribution is 7.78. The van der Waals surface area contributed by atoms with E-state index >= 15 is 0 Å². The van der Waals surface area contributed by atoms with E-state index in [1.54, 1.807) is 24.3 Å². The first-order valence-electron chi connectivity index (χ1n) is 11.5. The average Bonchev–Trinajstić information content (AvgIpc) is 2.95. The van der Waals surface area contributed by atoms with Gasteiger partial charge in [-0.05, 0) is 29.8 Å². The molecule has 3 aromatic rings. The summed E-state index contributed by atoms with van der Waals surface area (Å²) in [5.41, 5.74) is -0.781. The molecule has 14 nitrogen and oxygen atoms in total. The second-order valence-corrected chi connectivity index (χ2v) is 9.03. The number of methoxy groups -OCH3 is 4. The Morgan fingerprint density at radius 3 is 1.90 bits per heavy atom. The van der Waals surface area contributed by atoms with E-state index < -0.39 is 44.0 Å². The number of anilines is 1. The van der Waals surface area contributed by atoms with Gasteiger partial charge in [0, 0.05) is 23.4 Å². The molecule has 0 aromatic heterocycles. The van der Waals surface area contributed by atoms with Crippen molar-refractivity contribution in [3.05, 3.63) is 97.1 Å². The number of nitro benzene ring substituents is 2. The minimum absolute atomic E-state index is 0.0115. The third kappa shape index (κ3) is 6.95. The number of benzene rings is 3. The molecule has 0 radical (unpaired) electrons. The number of nitrogens with one attached hydrogen (secondary N) is 1. The molecule has 0 fully saturated rings. The smallest absolute Gasteiger partial charge is 0.277 e. The Labute approximate surface area is 236 Å². The Hall–Kier alpha value is -5.02. The van der Waals surface area contributed by atoms with Crippen LogP contribution in [0.2, 0.25) is 0 Å². The number of rotatable bonds is 12. The monoisotopic (exact) mass is 586 g/mol. The lowest BCUT2D eigenvalue weighted by molar-refractivity contribution is -0.394. The van der Waals surface area contributed by atoms with Crippen LogP contribution >= 0.6 is 0 Å². The van der Waals surface area contributed by atoms with Gasteiger partial charge in [0.05, 0.1) is 61.2 Å². The minimum Gasteiger partial charge on any atom is -0.772 e. The summed E-state index contributed by atoms with van der Waals surface area (Å²) in [5.74, 6) is -0.603. The number of hydrogen-bond donors (Lipinski definition) is 1. The molecule has 0 saturated heterocycles. The van der Waals surface area contributed by atoms with Crippen molar-refractivity contribution in [2.75, 3.05) is 33.8 Å². The Morgan fingerprint density at radius 1 is 0.829 bits per heavy atom. The number of ether oxygens (including phenoxy) is 4. The molecule has 15 heteroatoms. The summed E-state index contributed by atoms with van der Waals surface area (Å²) in [5, 5.41) is 25.0. The second-order valence-electron chi connectivity index (χ2n) is 8.13. The SMILES string of the molecule is COC(=C(OC)c1ccccc1OC)c1cc(OC)c(NC(=O)c2cc([N+](=O)[O-])cc([N+](=O)[O-])c2)cc1CS(=O)[O-]. The van der Waals surface area contributed by atoms with Gasteiger partial charge in [-0.3, -0.25) is 29.2 Å². The fourth-order valence-electron chi connectivity index (χ4n) is 3.96. The number of nitro groups is 2. The quantitative estimate of drug-likeness (QED) is 0.105. The van der Waals surface area contributed by atoms with Crippen molar-refractivity contribution < 1.29 is 42.4 Å². The Bertz CT molecular complexity index is 1520. The van der Waals surface area contributed by atoms with Crippen LogP contribution in [0.1, 0.15) is 27.0 Å². The molecule has 0 aliphatic heterocycles. The summed E-state index contributed by atoms with van der Waals surface area (Å²) >= 11 is -2.59. The van der Waals surface area contributed by atoms with Crippen LogP contribution in [0, 0.1) is 20.2 Å². The first kappa shape index (κ1) is 30.5. The highest BCUT2D eigenvalue weighted by atomic mass is 32.2. The minimum atomic E-state index is -2.59. The van der Waals surface area contributed by atoms with E-state index in [1.165, 1.54) is 40.6 Å². The molecule has 3 aromatic carbocycles. The maximum atomic E-state index is 13.0. The number of non-ortho nitro benzene ring substituents is 2. The number of hydrogen-bond acceptors (Lipinski definition) is 11. The first-order chi connectivity index (χ1) is 19.5. The maximum absolute atomic E-state index is 13.0. The molecule has 3 rings (SSSR count). The van der Waals surface area contributed by atoms with Gasteiger partial charge in [0.25, 0.3) is 17.3 Å². The molecule has 0 spiro atoms. The maximum Gasteiger partial charge on any atom is 0.277 e. The van der Waals surface area contributed by atoms with E-state index in [2.05, 4.69) is 5.32 Å². The Kier molecular flexibility index (Phi) is 9.95. The first-order valence-corrected chi connectivity index (χ1v) is 12.8. The number of carbonyl (C=O) groups is 1. The normalized spacial score (nSPS) is 12.0. The zero-order valence-corrected chi connectivity index (χ0v) is 23.0. The zero-order valence-electron chi connectivity index (χ0n) is 22.2. The predicted molar refractivity (Wildman–Crippen MR) is 147 cm³/mol. The summed E-state index contributed by atoms with van der Waals surface area (Å²) < 4.78 is 45.7. The molecule has 0 saturated carbocycles. The van der Waals surface area contributed by atoms with Crippen LogP contribution in [0.4, 0.5) is 17.1 Å². The lowest BCUT2D eigenvalue weighted by Gasteiger charge is -2.21. The van der Waals surface area contributed by atoms with Gasteiger partial charge in [-0.25, -0.2) is 0 Å². The molecule has 216 valence electrons. The van der Waals surface area contributed by atoms with Crippen LogP contribution in [0.25, 0.3) is 11.5 Å². The topological polar surface area (TPSA) is 192 Å². The summed E-state index contributed by atoms with van der Waals surface area (Å²) in [4.78, 5) is 33.8. The fourth-order valence-corrected chi connectivity index (χ4v) is 4.46. The zero-order chi connectivity index (χ0) is 30.3. The van der Waals surface area contributed by atoms with Gasteiger partial charge in [-0.1, -0.05) is 23.2 Å². The van der Waals surface area contributed by atoms with Gasteiger partial charge in [0.15, 0.2) is 11.5 Å². The highest BCUT2D eigenvalue weighted by Crippen LogP contribution is 2.39. The highest BCUT2D eigenvalue weighted by Gasteiger charge is 2.24.